The largest absolute Gasteiger partial charge is 0.467 e. The standard InChI is InChI=1S/C19H13ClF6N4O2/c20-10-4-3-9(18(21,22)23)6-11(10)28-17(31)13-8-16-27-12(14-2-1-5-32-14)7-15(19(24,25)26)30(16)29-13/h1-6,8,12,15,27H,7H2,(H,28,31)/t12-,15+/m0/s1. The molecule has 2 N–H and O–H groups in total. The van der Waals surface area contributed by atoms with Crippen molar-refractivity contribution in [1.82, 2.24) is 9.78 Å². The molecule has 4 rings (SSSR count). The first-order chi connectivity index (χ1) is 14.9. The van der Waals surface area contributed by atoms with Gasteiger partial charge in [0, 0.05) is 12.5 Å². The quantitative estimate of drug-likeness (QED) is 0.449. The average Bonchev–Trinajstić information content (AvgIpc) is 3.36. The van der Waals surface area contributed by atoms with Gasteiger partial charge >= 0.3 is 12.4 Å². The number of hydrogen-bond acceptors (Lipinski definition) is 4. The summed E-state index contributed by atoms with van der Waals surface area (Å²) in [5, 5.41) is 8.56. The van der Waals surface area contributed by atoms with Gasteiger partial charge in [-0.05, 0) is 30.3 Å². The van der Waals surface area contributed by atoms with E-state index in [1.54, 1.807) is 0 Å². The summed E-state index contributed by atoms with van der Waals surface area (Å²) in [7, 11) is 0. The van der Waals surface area contributed by atoms with Gasteiger partial charge in [-0.2, -0.15) is 31.4 Å². The highest BCUT2D eigenvalue weighted by Crippen LogP contribution is 2.43. The van der Waals surface area contributed by atoms with Crippen LogP contribution in [0.25, 0.3) is 0 Å². The van der Waals surface area contributed by atoms with Crippen molar-refractivity contribution in [2.45, 2.75) is 30.9 Å². The lowest BCUT2D eigenvalue weighted by molar-refractivity contribution is -0.174. The van der Waals surface area contributed by atoms with Crippen molar-refractivity contribution in [3.05, 3.63) is 64.7 Å². The number of amides is 1. The fraction of sp³-hybridized carbons (Fsp3) is 0.263. The average molecular weight is 479 g/mol. The molecule has 170 valence electrons. The van der Waals surface area contributed by atoms with Crippen LogP contribution in [-0.2, 0) is 6.18 Å². The molecule has 0 saturated carbocycles. The Labute approximate surface area is 181 Å². The Balaban J connectivity index is 1.64. The molecular formula is C19H13ClF6N4O2. The van der Waals surface area contributed by atoms with Crippen molar-refractivity contribution in [2.24, 2.45) is 0 Å². The first kappa shape index (κ1) is 22.1. The van der Waals surface area contributed by atoms with Crippen molar-refractivity contribution in [3.8, 4) is 0 Å². The molecule has 6 nitrogen and oxygen atoms in total. The number of carbonyl (C=O) groups is 1. The van der Waals surface area contributed by atoms with Gasteiger partial charge in [0.05, 0.1) is 28.6 Å². The fourth-order valence-electron chi connectivity index (χ4n) is 3.34. The van der Waals surface area contributed by atoms with Gasteiger partial charge in [0.25, 0.3) is 5.91 Å². The number of rotatable bonds is 3. The van der Waals surface area contributed by atoms with Crippen LogP contribution in [0.15, 0.2) is 47.1 Å². The highest BCUT2D eigenvalue weighted by atomic mass is 35.5. The molecule has 13 heteroatoms. The number of benzene rings is 1. The zero-order chi connectivity index (χ0) is 23.3. The summed E-state index contributed by atoms with van der Waals surface area (Å²) < 4.78 is 85.6. The maximum Gasteiger partial charge on any atom is 0.416 e. The molecule has 32 heavy (non-hydrogen) atoms. The molecule has 1 aliphatic rings. The predicted molar refractivity (Wildman–Crippen MR) is 101 cm³/mol. The van der Waals surface area contributed by atoms with Gasteiger partial charge in [0.2, 0.25) is 0 Å². The Kier molecular flexibility index (Phi) is 5.35. The number of anilines is 2. The van der Waals surface area contributed by atoms with Crippen LogP contribution < -0.4 is 10.6 Å². The number of nitrogens with one attached hydrogen (secondary N) is 2. The lowest BCUT2D eigenvalue weighted by atomic mass is 10.0. The molecule has 2 aromatic heterocycles. The second kappa shape index (κ2) is 7.76. The van der Waals surface area contributed by atoms with E-state index >= 15 is 0 Å². The predicted octanol–water partition coefficient (Wildman–Crippen LogP) is 6.06. The number of halogens is 7. The minimum absolute atomic E-state index is 0.0970. The molecule has 0 radical (unpaired) electrons. The van der Waals surface area contributed by atoms with Crippen LogP contribution in [0.4, 0.5) is 37.8 Å². The van der Waals surface area contributed by atoms with Gasteiger partial charge in [-0.25, -0.2) is 4.68 Å². The highest BCUT2D eigenvalue weighted by Gasteiger charge is 2.47. The van der Waals surface area contributed by atoms with Crippen LogP contribution in [0.1, 0.15) is 40.3 Å². The lowest BCUT2D eigenvalue weighted by Crippen LogP contribution is -2.35. The van der Waals surface area contributed by atoms with Gasteiger partial charge in [-0.3, -0.25) is 4.79 Å². The van der Waals surface area contributed by atoms with Gasteiger partial charge < -0.3 is 15.1 Å². The first-order valence-electron chi connectivity index (χ1n) is 9.08. The van der Waals surface area contributed by atoms with E-state index in [4.69, 9.17) is 16.0 Å². The lowest BCUT2D eigenvalue weighted by Gasteiger charge is -2.32. The van der Waals surface area contributed by atoms with Crippen molar-refractivity contribution in [3.63, 3.8) is 0 Å². The fourth-order valence-corrected chi connectivity index (χ4v) is 3.51. The maximum absolute atomic E-state index is 13.7. The van der Waals surface area contributed by atoms with Crippen molar-refractivity contribution < 1.29 is 35.6 Å². The Hall–Kier alpha value is -3.15. The summed E-state index contributed by atoms with van der Waals surface area (Å²) in [6.07, 6.45) is -8.47. The number of alkyl halides is 6. The van der Waals surface area contributed by atoms with Crippen molar-refractivity contribution in [2.75, 3.05) is 10.6 Å². The van der Waals surface area contributed by atoms with E-state index in [1.807, 2.05) is 0 Å². The molecule has 0 saturated heterocycles. The molecule has 0 bridgehead atoms. The van der Waals surface area contributed by atoms with E-state index < -0.39 is 48.0 Å². The second-order valence-electron chi connectivity index (χ2n) is 7.01. The van der Waals surface area contributed by atoms with Gasteiger partial charge in [0.15, 0.2) is 11.7 Å². The maximum atomic E-state index is 13.7. The smallest absolute Gasteiger partial charge is 0.416 e. The number of furan rings is 1. The van der Waals surface area contributed by atoms with E-state index in [0.717, 1.165) is 18.2 Å². The van der Waals surface area contributed by atoms with Crippen LogP contribution in [0, 0.1) is 0 Å². The molecule has 0 spiro atoms. The summed E-state index contributed by atoms with van der Waals surface area (Å²) in [5.74, 6) is -0.848. The Morgan fingerprint density at radius 2 is 1.94 bits per heavy atom. The number of aromatic nitrogens is 2. The summed E-state index contributed by atoms with van der Waals surface area (Å²) in [6.45, 7) is 0. The molecule has 0 aliphatic carbocycles. The number of carbonyl (C=O) groups excluding carboxylic acids is 1. The van der Waals surface area contributed by atoms with Crippen molar-refractivity contribution >= 4 is 29.0 Å². The zero-order valence-electron chi connectivity index (χ0n) is 15.8. The van der Waals surface area contributed by atoms with E-state index in [2.05, 4.69) is 15.7 Å². The zero-order valence-corrected chi connectivity index (χ0v) is 16.5. The number of hydrogen-bond donors (Lipinski definition) is 2. The molecule has 0 fully saturated rings. The van der Waals surface area contributed by atoms with Crippen LogP contribution in [-0.4, -0.2) is 21.9 Å². The van der Waals surface area contributed by atoms with Crippen LogP contribution in [0.5, 0.6) is 0 Å². The van der Waals surface area contributed by atoms with E-state index in [-0.39, 0.29) is 22.3 Å². The van der Waals surface area contributed by atoms with Gasteiger partial charge in [-0.15, -0.1) is 0 Å². The third kappa shape index (κ3) is 4.27. The molecule has 3 heterocycles. The van der Waals surface area contributed by atoms with Crippen LogP contribution >= 0.6 is 11.6 Å². The van der Waals surface area contributed by atoms with E-state index in [1.165, 1.54) is 18.4 Å². The molecule has 1 amide bonds. The van der Waals surface area contributed by atoms with Gasteiger partial charge in [0.1, 0.15) is 11.6 Å². The molecule has 3 aromatic rings. The Morgan fingerprint density at radius 3 is 2.56 bits per heavy atom. The molecule has 0 unspecified atom stereocenters. The SMILES string of the molecule is O=C(Nc1cc(C(F)(F)F)ccc1Cl)c1cc2n(n1)[C@@H](C(F)(F)F)C[C@@H](c1ccco1)N2. The molecular weight excluding hydrogens is 466 g/mol. The highest BCUT2D eigenvalue weighted by molar-refractivity contribution is 6.33. The molecule has 1 aliphatic heterocycles. The normalized spacial score (nSPS) is 18.7. The van der Waals surface area contributed by atoms with Crippen LogP contribution in [0.2, 0.25) is 5.02 Å². The van der Waals surface area contributed by atoms with Gasteiger partial charge in [-0.1, -0.05) is 11.6 Å². The monoisotopic (exact) mass is 478 g/mol. The summed E-state index contributed by atoms with van der Waals surface area (Å²) in [6, 6.07) is 3.56. The first-order valence-corrected chi connectivity index (χ1v) is 9.45. The number of nitrogens with zero attached hydrogens (tertiary/aromatic N) is 2. The summed E-state index contributed by atoms with van der Waals surface area (Å²) >= 11 is 5.86. The summed E-state index contributed by atoms with van der Waals surface area (Å²) in [4.78, 5) is 12.6. The van der Waals surface area contributed by atoms with Crippen molar-refractivity contribution in [1.29, 1.82) is 0 Å². The summed E-state index contributed by atoms with van der Waals surface area (Å²) in [5.41, 5.74) is -1.84. The minimum atomic E-state index is -4.68. The number of fused-ring (bicyclic) bond motifs is 1. The molecule has 1 aromatic carbocycles. The third-order valence-corrected chi connectivity index (χ3v) is 5.18. The Morgan fingerprint density at radius 1 is 1.19 bits per heavy atom. The third-order valence-electron chi connectivity index (χ3n) is 4.85. The van der Waals surface area contributed by atoms with E-state index in [9.17, 15) is 31.1 Å². The minimum Gasteiger partial charge on any atom is -0.467 e. The Bertz CT molecular complexity index is 1140. The van der Waals surface area contributed by atoms with E-state index in [0.29, 0.717) is 10.7 Å². The second-order valence-corrected chi connectivity index (χ2v) is 7.42. The van der Waals surface area contributed by atoms with Crippen LogP contribution in [0.3, 0.4) is 0 Å². The topological polar surface area (TPSA) is 72.1 Å². The molecule has 2 atom stereocenters.